The van der Waals surface area contributed by atoms with Crippen LogP contribution in [-0.4, -0.2) is 4.98 Å². The second kappa shape index (κ2) is 9.25. The number of aromatic amines is 1. The summed E-state index contributed by atoms with van der Waals surface area (Å²) >= 11 is 3.77. The fourth-order valence-electron chi connectivity index (χ4n) is 6.16. The van der Waals surface area contributed by atoms with Crippen molar-refractivity contribution in [2.75, 3.05) is 0 Å². The number of allylic oxidation sites excluding steroid dienone is 1. The van der Waals surface area contributed by atoms with Crippen LogP contribution >= 0.6 is 15.9 Å². The molecule has 2 heterocycles. The van der Waals surface area contributed by atoms with Crippen LogP contribution in [0.4, 0.5) is 0 Å². The van der Waals surface area contributed by atoms with Crippen molar-refractivity contribution in [2.45, 2.75) is 26.4 Å². The molecule has 0 saturated carbocycles. The minimum atomic E-state index is -0.909. The zero-order valence-corrected chi connectivity index (χ0v) is 24.4. The Balaban J connectivity index is 1.75. The van der Waals surface area contributed by atoms with Crippen molar-refractivity contribution in [2.24, 2.45) is 5.41 Å². The third-order valence-corrected chi connectivity index (χ3v) is 8.24. The standard InChI is InChI=1S/C37H30BrNO/c1-36(2,3)23-30-33-28-17-11-10-12-24(28)18-21-32(33)40-37(25-13-6-4-7-14-25,26-15-8-5-9-16-26)35-34(30)29-22-27(38)19-20-31(29)39-35/h4-23,39H,1-3H3/b30-23-. The SMILES string of the molecule is CC(C)(C)/C=C1/c2c(ccc3ccccc23)OC(c2ccccc2)(c2ccccc2)c2[nH]c3ccc(Br)cc3c21. The Morgan fingerprint density at radius 1 is 0.700 bits per heavy atom. The van der Waals surface area contributed by atoms with Gasteiger partial charge in [0.2, 0.25) is 0 Å². The molecule has 5 aromatic carbocycles. The van der Waals surface area contributed by atoms with Gasteiger partial charge in [-0.05, 0) is 46.0 Å². The maximum atomic E-state index is 7.47. The summed E-state index contributed by atoms with van der Waals surface area (Å²) in [5.74, 6) is 0.870. The molecular formula is C37H30BrNO. The molecule has 0 bridgehead atoms. The molecule has 1 aliphatic heterocycles. The van der Waals surface area contributed by atoms with Gasteiger partial charge in [-0.1, -0.05) is 134 Å². The van der Waals surface area contributed by atoms with Gasteiger partial charge in [-0.3, -0.25) is 0 Å². The monoisotopic (exact) mass is 583 g/mol. The Bertz CT molecular complexity index is 1870. The molecule has 0 aliphatic carbocycles. The molecule has 40 heavy (non-hydrogen) atoms. The average Bonchev–Trinajstić information content (AvgIpc) is 3.28. The van der Waals surface area contributed by atoms with Crippen molar-refractivity contribution >= 4 is 43.2 Å². The minimum absolute atomic E-state index is 0.0804. The van der Waals surface area contributed by atoms with Crippen molar-refractivity contribution < 1.29 is 4.74 Å². The third kappa shape index (κ3) is 3.91. The molecule has 0 fully saturated rings. The average molecular weight is 585 g/mol. The molecule has 0 amide bonds. The van der Waals surface area contributed by atoms with Gasteiger partial charge >= 0.3 is 0 Å². The summed E-state index contributed by atoms with van der Waals surface area (Å²) in [5, 5.41) is 3.54. The number of rotatable bonds is 2. The molecule has 1 aromatic heterocycles. The third-order valence-electron chi connectivity index (χ3n) is 7.74. The lowest BCUT2D eigenvalue weighted by atomic mass is 9.79. The zero-order valence-electron chi connectivity index (χ0n) is 22.8. The molecule has 3 heteroatoms. The maximum Gasteiger partial charge on any atom is 0.199 e. The van der Waals surface area contributed by atoms with Gasteiger partial charge in [0, 0.05) is 37.6 Å². The summed E-state index contributed by atoms with van der Waals surface area (Å²) < 4.78 is 8.52. The molecule has 1 aliphatic rings. The van der Waals surface area contributed by atoms with Gasteiger partial charge in [0.05, 0.1) is 5.69 Å². The molecule has 0 atom stereocenters. The van der Waals surface area contributed by atoms with Gasteiger partial charge in [0.25, 0.3) is 0 Å². The second-order valence-electron chi connectivity index (χ2n) is 11.7. The number of H-pyrrole nitrogens is 1. The highest BCUT2D eigenvalue weighted by atomic mass is 79.9. The van der Waals surface area contributed by atoms with E-state index in [2.05, 4.69) is 163 Å². The van der Waals surface area contributed by atoms with E-state index in [1.165, 1.54) is 27.3 Å². The lowest BCUT2D eigenvalue weighted by molar-refractivity contribution is 0.152. The van der Waals surface area contributed by atoms with Crippen LogP contribution in [0.2, 0.25) is 0 Å². The van der Waals surface area contributed by atoms with E-state index < -0.39 is 5.60 Å². The van der Waals surface area contributed by atoms with Gasteiger partial charge in [-0.15, -0.1) is 0 Å². The van der Waals surface area contributed by atoms with Crippen molar-refractivity contribution in [3.63, 3.8) is 0 Å². The minimum Gasteiger partial charge on any atom is -0.471 e. The number of nitrogens with one attached hydrogen (secondary N) is 1. The van der Waals surface area contributed by atoms with Crippen LogP contribution in [0, 0.1) is 5.41 Å². The first-order valence-electron chi connectivity index (χ1n) is 13.7. The first-order valence-corrected chi connectivity index (χ1v) is 14.5. The molecule has 0 saturated heterocycles. The van der Waals surface area contributed by atoms with Crippen LogP contribution in [0.25, 0.3) is 27.2 Å². The van der Waals surface area contributed by atoms with E-state index in [-0.39, 0.29) is 5.41 Å². The highest BCUT2D eigenvalue weighted by Gasteiger charge is 2.46. The van der Waals surface area contributed by atoms with E-state index in [0.29, 0.717) is 0 Å². The first-order chi connectivity index (χ1) is 19.3. The molecule has 6 aromatic rings. The van der Waals surface area contributed by atoms with E-state index in [0.717, 1.165) is 38.1 Å². The van der Waals surface area contributed by atoms with E-state index in [4.69, 9.17) is 4.74 Å². The zero-order chi connectivity index (χ0) is 27.5. The summed E-state index contributed by atoms with van der Waals surface area (Å²) in [5.41, 5.74) is 6.76. The lowest BCUT2D eigenvalue weighted by Gasteiger charge is -2.35. The van der Waals surface area contributed by atoms with Crippen molar-refractivity contribution in [3.8, 4) is 5.75 Å². The normalized spacial score (nSPS) is 15.4. The Morgan fingerprint density at radius 2 is 1.35 bits per heavy atom. The van der Waals surface area contributed by atoms with Crippen LogP contribution in [0.5, 0.6) is 5.75 Å². The van der Waals surface area contributed by atoms with Crippen molar-refractivity contribution in [3.05, 3.63) is 154 Å². The Labute approximate surface area is 243 Å². The molecule has 0 unspecified atom stereocenters. The second-order valence-corrected chi connectivity index (χ2v) is 12.6. The van der Waals surface area contributed by atoms with Crippen LogP contribution in [-0.2, 0) is 5.60 Å². The molecule has 0 spiro atoms. The number of aromatic nitrogens is 1. The predicted octanol–water partition coefficient (Wildman–Crippen LogP) is 10.2. The Morgan fingerprint density at radius 3 is 2.02 bits per heavy atom. The molecule has 0 radical (unpaired) electrons. The smallest absolute Gasteiger partial charge is 0.199 e. The van der Waals surface area contributed by atoms with Gasteiger partial charge in [-0.25, -0.2) is 0 Å². The Kier molecular flexibility index (Phi) is 5.76. The number of fused-ring (bicyclic) bond motifs is 6. The molecule has 7 rings (SSSR count). The van der Waals surface area contributed by atoms with Crippen LogP contribution < -0.4 is 4.74 Å². The molecule has 2 nitrogen and oxygen atoms in total. The summed E-state index contributed by atoms with van der Waals surface area (Å²) in [4.78, 5) is 3.88. The van der Waals surface area contributed by atoms with E-state index in [1.807, 2.05) is 0 Å². The van der Waals surface area contributed by atoms with Gasteiger partial charge < -0.3 is 9.72 Å². The number of hydrogen-bond donors (Lipinski definition) is 1. The largest absolute Gasteiger partial charge is 0.471 e. The molecule has 1 N–H and O–H groups in total. The fraction of sp³-hybridized carbons (Fsp3) is 0.135. The first kappa shape index (κ1) is 24.9. The molecular weight excluding hydrogens is 554 g/mol. The number of ether oxygens (including phenoxy) is 1. The number of halogens is 1. The maximum absolute atomic E-state index is 7.47. The summed E-state index contributed by atoms with van der Waals surface area (Å²) in [6.45, 7) is 6.80. The lowest BCUT2D eigenvalue weighted by Crippen LogP contribution is -2.36. The summed E-state index contributed by atoms with van der Waals surface area (Å²) in [6.07, 6.45) is 2.42. The topological polar surface area (TPSA) is 25.0 Å². The fourth-order valence-corrected chi connectivity index (χ4v) is 6.52. The van der Waals surface area contributed by atoms with Gasteiger partial charge in [-0.2, -0.15) is 0 Å². The summed E-state index contributed by atoms with van der Waals surface area (Å²) in [6, 6.07) is 40.7. The van der Waals surface area contributed by atoms with Crippen LogP contribution in [0.15, 0.2) is 126 Å². The number of hydrogen-bond acceptors (Lipinski definition) is 1. The highest BCUT2D eigenvalue weighted by molar-refractivity contribution is 9.10. The van der Waals surface area contributed by atoms with Gasteiger partial charge in [0.1, 0.15) is 5.75 Å². The summed E-state index contributed by atoms with van der Waals surface area (Å²) in [7, 11) is 0. The molecule has 196 valence electrons. The van der Waals surface area contributed by atoms with E-state index in [9.17, 15) is 0 Å². The number of benzene rings is 5. The van der Waals surface area contributed by atoms with E-state index >= 15 is 0 Å². The van der Waals surface area contributed by atoms with Crippen molar-refractivity contribution in [1.29, 1.82) is 0 Å². The van der Waals surface area contributed by atoms with Crippen LogP contribution in [0.3, 0.4) is 0 Å². The quantitative estimate of drug-likeness (QED) is 0.215. The predicted molar refractivity (Wildman–Crippen MR) is 170 cm³/mol. The highest BCUT2D eigenvalue weighted by Crippen LogP contribution is 2.53. The van der Waals surface area contributed by atoms with Crippen molar-refractivity contribution in [1.82, 2.24) is 4.98 Å². The van der Waals surface area contributed by atoms with Gasteiger partial charge in [0.15, 0.2) is 5.60 Å². The van der Waals surface area contributed by atoms with E-state index in [1.54, 1.807) is 0 Å². The Hall–Kier alpha value is -4.08. The van der Waals surface area contributed by atoms with Crippen LogP contribution in [0.1, 0.15) is 48.7 Å².